The lowest BCUT2D eigenvalue weighted by Gasteiger charge is -2.18. The first-order chi connectivity index (χ1) is 12.8. The van der Waals surface area contributed by atoms with Gasteiger partial charge in [-0.1, -0.05) is 12.1 Å². The molecule has 0 N–H and O–H groups in total. The predicted molar refractivity (Wildman–Crippen MR) is 96.7 cm³/mol. The highest BCUT2D eigenvalue weighted by molar-refractivity contribution is 6.28. The molecule has 1 aromatic heterocycles. The molecule has 0 fully saturated rings. The number of hydrogen-bond acceptors (Lipinski definition) is 4. The lowest BCUT2D eigenvalue weighted by Crippen LogP contribution is -2.11. The SMILES string of the molecule is CN(c1ccc(-c2cc(C#N)cc(C(F)(F)F)c2)cc1)c1ccnc(Cl)n1. The fourth-order valence-corrected chi connectivity index (χ4v) is 2.69. The van der Waals surface area contributed by atoms with Crippen LogP contribution in [0.3, 0.4) is 0 Å². The molecule has 0 unspecified atom stereocenters. The quantitative estimate of drug-likeness (QED) is 0.559. The maximum absolute atomic E-state index is 13.1. The molecule has 1 heterocycles. The van der Waals surface area contributed by atoms with Gasteiger partial charge in [0, 0.05) is 18.9 Å². The Kier molecular flexibility index (Phi) is 5.02. The van der Waals surface area contributed by atoms with Crippen LogP contribution in [-0.4, -0.2) is 17.0 Å². The van der Waals surface area contributed by atoms with Crippen LogP contribution in [0.15, 0.2) is 54.7 Å². The molecule has 0 aliphatic carbocycles. The molecule has 3 aromatic rings. The van der Waals surface area contributed by atoms with Gasteiger partial charge in [-0.15, -0.1) is 0 Å². The minimum atomic E-state index is -4.52. The van der Waals surface area contributed by atoms with Crippen molar-refractivity contribution in [1.29, 1.82) is 5.26 Å². The van der Waals surface area contributed by atoms with Gasteiger partial charge in [0.25, 0.3) is 0 Å². The Bertz CT molecular complexity index is 1010. The van der Waals surface area contributed by atoms with E-state index in [1.54, 1.807) is 48.3 Å². The first kappa shape index (κ1) is 18.7. The monoisotopic (exact) mass is 388 g/mol. The summed E-state index contributed by atoms with van der Waals surface area (Å²) in [7, 11) is 1.78. The van der Waals surface area contributed by atoms with Crippen LogP contribution in [-0.2, 0) is 6.18 Å². The number of benzene rings is 2. The van der Waals surface area contributed by atoms with Crippen molar-refractivity contribution in [1.82, 2.24) is 9.97 Å². The van der Waals surface area contributed by atoms with Gasteiger partial charge in [-0.25, -0.2) is 9.97 Å². The van der Waals surface area contributed by atoms with Gasteiger partial charge in [0.1, 0.15) is 5.82 Å². The highest BCUT2D eigenvalue weighted by atomic mass is 35.5. The van der Waals surface area contributed by atoms with E-state index in [4.69, 9.17) is 16.9 Å². The first-order valence-corrected chi connectivity index (χ1v) is 8.11. The van der Waals surface area contributed by atoms with Crippen molar-refractivity contribution in [2.24, 2.45) is 0 Å². The van der Waals surface area contributed by atoms with E-state index < -0.39 is 11.7 Å². The van der Waals surface area contributed by atoms with Gasteiger partial charge >= 0.3 is 6.18 Å². The lowest BCUT2D eigenvalue weighted by molar-refractivity contribution is -0.137. The molecule has 3 rings (SSSR count). The van der Waals surface area contributed by atoms with Crippen LogP contribution in [0.1, 0.15) is 11.1 Å². The van der Waals surface area contributed by atoms with Crippen molar-refractivity contribution in [2.45, 2.75) is 6.18 Å². The molecule has 0 aliphatic rings. The van der Waals surface area contributed by atoms with Gasteiger partial charge in [-0.2, -0.15) is 18.4 Å². The van der Waals surface area contributed by atoms with Crippen molar-refractivity contribution in [3.05, 3.63) is 71.1 Å². The number of halogens is 4. The van der Waals surface area contributed by atoms with E-state index in [9.17, 15) is 13.2 Å². The summed E-state index contributed by atoms with van der Waals surface area (Å²) in [6, 6.07) is 13.6. The summed E-state index contributed by atoms with van der Waals surface area (Å²) in [4.78, 5) is 9.70. The average molecular weight is 389 g/mol. The van der Waals surface area contributed by atoms with Gasteiger partial charge in [0.15, 0.2) is 0 Å². The van der Waals surface area contributed by atoms with Crippen LogP contribution in [0.25, 0.3) is 11.1 Å². The topological polar surface area (TPSA) is 52.8 Å². The summed E-state index contributed by atoms with van der Waals surface area (Å²) in [5.74, 6) is 0.577. The van der Waals surface area contributed by atoms with Gasteiger partial charge in [-0.3, -0.25) is 0 Å². The van der Waals surface area contributed by atoms with Crippen molar-refractivity contribution in [3.63, 3.8) is 0 Å². The Morgan fingerprint density at radius 2 is 1.74 bits per heavy atom. The Morgan fingerprint density at radius 1 is 1.04 bits per heavy atom. The van der Waals surface area contributed by atoms with Crippen LogP contribution in [0, 0.1) is 11.3 Å². The Hall–Kier alpha value is -3.11. The van der Waals surface area contributed by atoms with E-state index in [1.807, 2.05) is 0 Å². The number of hydrogen-bond donors (Lipinski definition) is 0. The molecule has 27 heavy (non-hydrogen) atoms. The fraction of sp³-hybridized carbons (Fsp3) is 0.105. The van der Waals surface area contributed by atoms with Gasteiger partial charge < -0.3 is 4.90 Å². The van der Waals surface area contributed by atoms with Crippen LogP contribution in [0.4, 0.5) is 24.7 Å². The zero-order chi connectivity index (χ0) is 19.6. The van der Waals surface area contributed by atoms with Crippen LogP contribution >= 0.6 is 11.6 Å². The summed E-state index contributed by atoms with van der Waals surface area (Å²) in [6.45, 7) is 0. The Labute approximate surface area is 158 Å². The zero-order valence-corrected chi connectivity index (χ0v) is 14.8. The molecular formula is C19H12ClF3N4. The molecule has 0 radical (unpaired) electrons. The van der Waals surface area contributed by atoms with E-state index in [1.165, 1.54) is 12.3 Å². The summed E-state index contributed by atoms with van der Waals surface area (Å²) >= 11 is 5.79. The standard InChI is InChI=1S/C19H12ClF3N4/c1-27(17-6-7-25-18(20)26-17)16-4-2-13(3-5-16)14-8-12(11-24)9-15(10-14)19(21,22)23/h2-10H,1H3. The van der Waals surface area contributed by atoms with Gasteiger partial charge in [-0.05, 0) is 59.1 Å². The van der Waals surface area contributed by atoms with E-state index in [-0.39, 0.29) is 10.8 Å². The Morgan fingerprint density at radius 3 is 2.33 bits per heavy atom. The summed E-state index contributed by atoms with van der Waals surface area (Å²) in [5.41, 5.74) is 0.752. The van der Waals surface area contributed by atoms with E-state index in [0.29, 0.717) is 16.9 Å². The molecule has 0 atom stereocenters. The number of nitrogens with zero attached hydrogens (tertiary/aromatic N) is 4. The van der Waals surface area contributed by atoms with Crippen LogP contribution < -0.4 is 4.90 Å². The molecule has 0 amide bonds. The average Bonchev–Trinajstić information content (AvgIpc) is 2.66. The molecule has 4 nitrogen and oxygen atoms in total. The number of anilines is 2. The largest absolute Gasteiger partial charge is 0.416 e. The van der Waals surface area contributed by atoms with Crippen LogP contribution in [0.5, 0.6) is 0 Å². The molecule has 0 spiro atoms. The van der Waals surface area contributed by atoms with Crippen LogP contribution in [0.2, 0.25) is 5.28 Å². The second kappa shape index (κ2) is 7.25. The second-order valence-corrected chi connectivity index (χ2v) is 6.04. The minimum Gasteiger partial charge on any atom is -0.329 e. The van der Waals surface area contributed by atoms with E-state index >= 15 is 0 Å². The van der Waals surface area contributed by atoms with Gasteiger partial charge in [0.2, 0.25) is 5.28 Å². The van der Waals surface area contributed by atoms with Gasteiger partial charge in [0.05, 0.1) is 17.2 Å². The third-order valence-electron chi connectivity index (χ3n) is 3.93. The molecule has 0 saturated heterocycles. The molecule has 8 heteroatoms. The predicted octanol–water partition coefficient (Wildman–Crippen LogP) is 5.46. The molecule has 0 aliphatic heterocycles. The minimum absolute atomic E-state index is 0.0448. The second-order valence-electron chi connectivity index (χ2n) is 5.70. The molecule has 0 bridgehead atoms. The van der Waals surface area contributed by atoms with Crippen molar-refractivity contribution >= 4 is 23.1 Å². The normalized spacial score (nSPS) is 11.1. The van der Waals surface area contributed by atoms with E-state index in [2.05, 4.69) is 9.97 Å². The smallest absolute Gasteiger partial charge is 0.329 e. The third kappa shape index (κ3) is 4.18. The summed E-state index contributed by atoms with van der Waals surface area (Å²) in [5, 5.41) is 9.13. The number of alkyl halides is 3. The summed E-state index contributed by atoms with van der Waals surface area (Å²) < 4.78 is 39.2. The number of aromatic nitrogens is 2. The first-order valence-electron chi connectivity index (χ1n) is 7.73. The highest BCUT2D eigenvalue weighted by Crippen LogP contribution is 2.34. The number of rotatable bonds is 3. The Balaban J connectivity index is 1.95. The van der Waals surface area contributed by atoms with Crippen molar-refractivity contribution in [3.8, 4) is 17.2 Å². The molecule has 136 valence electrons. The number of nitriles is 1. The van der Waals surface area contributed by atoms with Crippen molar-refractivity contribution < 1.29 is 13.2 Å². The highest BCUT2D eigenvalue weighted by Gasteiger charge is 2.31. The molecule has 0 saturated carbocycles. The summed E-state index contributed by atoms with van der Waals surface area (Å²) in [6.07, 6.45) is -2.99. The van der Waals surface area contributed by atoms with Crippen molar-refractivity contribution in [2.75, 3.05) is 11.9 Å². The molecule has 2 aromatic carbocycles. The van der Waals surface area contributed by atoms with E-state index in [0.717, 1.165) is 17.8 Å². The molecular weight excluding hydrogens is 377 g/mol. The third-order valence-corrected chi connectivity index (χ3v) is 4.11. The maximum Gasteiger partial charge on any atom is 0.416 e. The fourth-order valence-electron chi connectivity index (χ4n) is 2.55. The maximum atomic E-state index is 13.1. The lowest BCUT2D eigenvalue weighted by atomic mass is 9.99. The zero-order valence-electron chi connectivity index (χ0n) is 14.0.